The Balaban J connectivity index is 1.31. The summed E-state index contributed by atoms with van der Waals surface area (Å²) in [6.07, 6.45) is 0. The number of hydrogen-bond donors (Lipinski definition) is 3. The van der Waals surface area contributed by atoms with Gasteiger partial charge in [-0.1, -0.05) is 12.1 Å². The van der Waals surface area contributed by atoms with Crippen molar-refractivity contribution in [2.45, 2.75) is 11.4 Å². The lowest BCUT2D eigenvalue weighted by Crippen LogP contribution is -2.46. The molecule has 32 heavy (non-hydrogen) atoms. The molecule has 170 valence electrons. The van der Waals surface area contributed by atoms with E-state index in [1.54, 1.807) is 0 Å². The summed E-state index contributed by atoms with van der Waals surface area (Å²) >= 11 is 5.18. The van der Waals surface area contributed by atoms with Crippen LogP contribution >= 0.6 is 12.2 Å². The second-order valence-corrected chi connectivity index (χ2v) is 9.34. The number of fused-ring (bicyclic) bond motifs is 1. The van der Waals surface area contributed by atoms with Crippen molar-refractivity contribution in [3.8, 4) is 11.5 Å². The summed E-state index contributed by atoms with van der Waals surface area (Å²) in [5.41, 5.74) is 6.19. The zero-order chi connectivity index (χ0) is 22.6. The topological polar surface area (TPSA) is 118 Å². The van der Waals surface area contributed by atoms with Crippen molar-refractivity contribution < 1.29 is 27.4 Å². The van der Waals surface area contributed by atoms with Gasteiger partial charge in [0.2, 0.25) is 16.8 Å². The van der Waals surface area contributed by atoms with Gasteiger partial charge < -0.3 is 19.5 Å². The highest BCUT2D eigenvalue weighted by Gasteiger charge is 2.26. The minimum Gasteiger partial charge on any atom is -0.454 e. The molecule has 2 aromatic rings. The average Bonchev–Trinajstić information content (AvgIpc) is 3.30. The second kappa shape index (κ2) is 9.69. The third-order valence-electron chi connectivity index (χ3n) is 4.88. The maximum Gasteiger partial charge on any atom is 0.269 e. The lowest BCUT2D eigenvalue weighted by atomic mass is 10.2. The van der Waals surface area contributed by atoms with E-state index in [2.05, 4.69) is 16.2 Å². The second-order valence-electron chi connectivity index (χ2n) is 6.99. The van der Waals surface area contributed by atoms with Gasteiger partial charge in [-0.25, -0.2) is 8.42 Å². The summed E-state index contributed by atoms with van der Waals surface area (Å²) in [4.78, 5) is 12.5. The van der Waals surface area contributed by atoms with Gasteiger partial charge in [0.25, 0.3) is 5.91 Å². The number of rotatable bonds is 5. The zero-order valence-electron chi connectivity index (χ0n) is 17.0. The van der Waals surface area contributed by atoms with E-state index in [1.807, 2.05) is 18.2 Å². The summed E-state index contributed by atoms with van der Waals surface area (Å²) in [5.74, 6) is 0.847. The summed E-state index contributed by atoms with van der Waals surface area (Å²) in [7, 11) is -3.70. The fraction of sp³-hybridized carbons (Fsp3) is 0.300. The highest BCUT2D eigenvalue weighted by atomic mass is 32.2. The number of carbonyl (C=O) groups excluding carboxylic acids is 1. The molecule has 0 unspecified atom stereocenters. The Morgan fingerprint density at radius 3 is 2.62 bits per heavy atom. The van der Waals surface area contributed by atoms with Crippen molar-refractivity contribution in [1.29, 1.82) is 0 Å². The molecule has 1 fully saturated rings. The normalized spacial score (nSPS) is 15.8. The van der Waals surface area contributed by atoms with E-state index in [0.29, 0.717) is 31.3 Å². The molecule has 0 radical (unpaired) electrons. The number of nitrogens with one attached hydrogen (secondary N) is 3. The monoisotopic (exact) mass is 478 g/mol. The van der Waals surface area contributed by atoms with E-state index in [-0.39, 0.29) is 35.5 Å². The molecule has 0 atom stereocenters. The summed E-state index contributed by atoms with van der Waals surface area (Å²) in [5, 5.41) is 3.17. The predicted molar refractivity (Wildman–Crippen MR) is 119 cm³/mol. The molecule has 1 saturated heterocycles. The number of ether oxygens (including phenoxy) is 3. The predicted octanol–water partition coefficient (Wildman–Crippen LogP) is 0.745. The Bertz CT molecular complexity index is 1120. The quantitative estimate of drug-likeness (QED) is 0.422. The van der Waals surface area contributed by atoms with E-state index < -0.39 is 15.9 Å². The minimum atomic E-state index is -3.70. The first-order valence-electron chi connectivity index (χ1n) is 9.84. The third-order valence-corrected chi connectivity index (χ3v) is 7.02. The molecule has 12 heteroatoms. The van der Waals surface area contributed by atoms with Gasteiger partial charge >= 0.3 is 0 Å². The van der Waals surface area contributed by atoms with E-state index in [4.69, 9.17) is 26.4 Å². The molecule has 10 nitrogen and oxygen atoms in total. The van der Waals surface area contributed by atoms with Crippen molar-refractivity contribution in [2.24, 2.45) is 0 Å². The Morgan fingerprint density at radius 2 is 1.81 bits per heavy atom. The smallest absolute Gasteiger partial charge is 0.269 e. The molecule has 1 amide bonds. The standard InChI is InChI=1S/C20H22N4O6S2/c25-19(15-2-1-3-16(11-15)32(26,27)24-6-8-28-9-7-24)22-23-20(31)21-12-14-4-5-17-18(10-14)30-13-29-17/h1-5,10-11H,6-9,12-13H2,(H,22,25)(H2,21,23,31). The molecule has 2 aromatic carbocycles. The third kappa shape index (κ3) is 5.10. The fourth-order valence-electron chi connectivity index (χ4n) is 3.20. The molecule has 0 aromatic heterocycles. The minimum absolute atomic E-state index is 0.0514. The maximum absolute atomic E-state index is 12.8. The number of sulfonamides is 1. The van der Waals surface area contributed by atoms with Gasteiger partial charge in [-0.2, -0.15) is 4.31 Å². The van der Waals surface area contributed by atoms with Gasteiger partial charge in [-0.05, 0) is 48.1 Å². The molecule has 3 N–H and O–H groups in total. The molecule has 0 aliphatic carbocycles. The number of benzene rings is 2. The molecule has 0 saturated carbocycles. The van der Waals surface area contributed by atoms with Gasteiger partial charge in [0, 0.05) is 25.2 Å². The van der Waals surface area contributed by atoms with Gasteiger partial charge in [-0.15, -0.1) is 0 Å². The number of amides is 1. The van der Waals surface area contributed by atoms with Crippen LogP contribution in [0.4, 0.5) is 0 Å². The van der Waals surface area contributed by atoms with Crippen LogP contribution < -0.4 is 25.6 Å². The van der Waals surface area contributed by atoms with E-state index in [9.17, 15) is 13.2 Å². The molecule has 2 heterocycles. The van der Waals surface area contributed by atoms with Crippen LogP contribution in [0.5, 0.6) is 11.5 Å². The number of nitrogens with zero attached hydrogens (tertiary/aromatic N) is 1. The van der Waals surface area contributed by atoms with Crippen LogP contribution in [-0.2, 0) is 21.3 Å². The molecule has 0 bridgehead atoms. The van der Waals surface area contributed by atoms with Gasteiger partial charge in [0.05, 0.1) is 18.1 Å². The number of hydrogen-bond acceptors (Lipinski definition) is 7. The van der Waals surface area contributed by atoms with Gasteiger partial charge in [-0.3, -0.25) is 15.6 Å². The largest absolute Gasteiger partial charge is 0.454 e. The van der Waals surface area contributed by atoms with E-state index in [0.717, 1.165) is 5.56 Å². The number of morpholine rings is 1. The highest BCUT2D eigenvalue weighted by molar-refractivity contribution is 7.89. The molecule has 0 spiro atoms. The van der Waals surface area contributed by atoms with Crippen LogP contribution in [0.2, 0.25) is 0 Å². The Labute approximate surface area is 190 Å². The molecular formula is C20H22N4O6S2. The van der Waals surface area contributed by atoms with Crippen LogP contribution in [-0.4, -0.2) is 56.8 Å². The van der Waals surface area contributed by atoms with Crippen molar-refractivity contribution in [2.75, 3.05) is 33.1 Å². The number of carbonyl (C=O) groups is 1. The van der Waals surface area contributed by atoms with Crippen LogP contribution in [0.3, 0.4) is 0 Å². The first-order chi connectivity index (χ1) is 15.4. The summed E-state index contributed by atoms with van der Waals surface area (Å²) < 4.78 is 42.8. The molecular weight excluding hydrogens is 456 g/mol. The maximum atomic E-state index is 12.8. The molecule has 2 aliphatic heterocycles. The molecule has 2 aliphatic rings. The van der Waals surface area contributed by atoms with Crippen LogP contribution in [0.1, 0.15) is 15.9 Å². The SMILES string of the molecule is O=C(NNC(=S)NCc1ccc2c(c1)OCO2)c1cccc(S(=O)(=O)N2CCOCC2)c1. The number of thiocarbonyl (C=S) groups is 1. The van der Waals surface area contributed by atoms with E-state index >= 15 is 0 Å². The first-order valence-corrected chi connectivity index (χ1v) is 11.7. The van der Waals surface area contributed by atoms with Crippen molar-refractivity contribution in [3.63, 3.8) is 0 Å². The average molecular weight is 479 g/mol. The van der Waals surface area contributed by atoms with Crippen molar-refractivity contribution in [1.82, 2.24) is 20.5 Å². The highest BCUT2D eigenvalue weighted by Crippen LogP contribution is 2.32. The fourth-order valence-corrected chi connectivity index (χ4v) is 4.77. The van der Waals surface area contributed by atoms with E-state index in [1.165, 1.54) is 28.6 Å². The summed E-state index contributed by atoms with van der Waals surface area (Å²) in [6, 6.07) is 11.4. The van der Waals surface area contributed by atoms with Crippen LogP contribution in [0.15, 0.2) is 47.4 Å². The van der Waals surface area contributed by atoms with Crippen LogP contribution in [0, 0.1) is 0 Å². The Morgan fingerprint density at radius 1 is 1.03 bits per heavy atom. The van der Waals surface area contributed by atoms with Crippen molar-refractivity contribution >= 4 is 33.3 Å². The van der Waals surface area contributed by atoms with Crippen molar-refractivity contribution in [3.05, 3.63) is 53.6 Å². The number of hydrazine groups is 1. The van der Waals surface area contributed by atoms with Gasteiger partial charge in [0.1, 0.15) is 0 Å². The summed E-state index contributed by atoms with van der Waals surface area (Å²) in [6.45, 7) is 1.87. The first kappa shape index (κ1) is 22.3. The molecule has 4 rings (SSSR count). The van der Waals surface area contributed by atoms with Crippen LogP contribution in [0.25, 0.3) is 0 Å². The Hall–Kier alpha value is -2.93. The lowest BCUT2D eigenvalue weighted by Gasteiger charge is -2.26. The zero-order valence-corrected chi connectivity index (χ0v) is 18.6. The Kier molecular flexibility index (Phi) is 6.74. The van der Waals surface area contributed by atoms with Gasteiger partial charge in [0.15, 0.2) is 16.6 Å². The lowest BCUT2D eigenvalue weighted by molar-refractivity contribution is 0.0730.